The van der Waals surface area contributed by atoms with Gasteiger partial charge in [-0.25, -0.2) is 9.78 Å². The molecule has 1 aliphatic carbocycles. The molecule has 1 aromatic heterocycles. The fraction of sp³-hybridized carbons (Fsp3) is 0.714. The van der Waals surface area contributed by atoms with Crippen LogP contribution in [0.4, 0.5) is 5.13 Å². The summed E-state index contributed by atoms with van der Waals surface area (Å²) in [7, 11) is 2.03. The van der Waals surface area contributed by atoms with E-state index in [1.165, 1.54) is 24.2 Å². The van der Waals surface area contributed by atoms with Crippen LogP contribution in [0.3, 0.4) is 0 Å². The first-order chi connectivity index (χ1) is 8.80. The van der Waals surface area contributed by atoms with Gasteiger partial charge in [-0.15, -0.1) is 11.3 Å². The molecule has 0 aliphatic heterocycles. The van der Waals surface area contributed by atoms with Crippen molar-refractivity contribution in [3.8, 4) is 0 Å². The summed E-state index contributed by atoms with van der Waals surface area (Å²) in [5, 5.41) is 9.90. The predicted molar refractivity (Wildman–Crippen MR) is 78.3 cm³/mol. The Morgan fingerprint density at radius 1 is 1.42 bits per heavy atom. The summed E-state index contributed by atoms with van der Waals surface area (Å²) in [4.78, 5) is 18.3. The lowest BCUT2D eigenvalue weighted by molar-refractivity contribution is 0.0690. The van der Waals surface area contributed by atoms with Crippen LogP contribution in [0.2, 0.25) is 0 Å². The molecule has 0 saturated heterocycles. The lowest BCUT2D eigenvalue weighted by Crippen LogP contribution is -2.37. The Labute approximate surface area is 118 Å². The smallest absolute Gasteiger partial charge is 0.355 e. The van der Waals surface area contributed by atoms with Gasteiger partial charge in [-0.2, -0.15) is 0 Å². The molecule has 1 saturated carbocycles. The topological polar surface area (TPSA) is 53.4 Å². The molecule has 0 radical (unpaired) electrons. The highest BCUT2D eigenvalue weighted by Gasteiger charge is 2.30. The average Bonchev–Trinajstić information content (AvgIpc) is 2.70. The van der Waals surface area contributed by atoms with Gasteiger partial charge in [-0.3, -0.25) is 0 Å². The van der Waals surface area contributed by atoms with Crippen molar-refractivity contribution in [2.75, 3.05) is 11.9 Å². The summed E-state index contributed by atoms with van der Waals surface area (Å²) in [5.74, 6) is -0.932. The number of anilines is 1. The molecule has 2 rings (SSSR count). The third-order valence-corrected chi connectivity index (χ3v) is 5.21. The second-order valence-corrected chi connectivity index (χ2v) is 7.39. The molecule has 0 amide bonds. The maximum absolute atomic E-state index is 11.0. The van der Waals surface area contributed by atoms with E-state index in [4.69, 9.17) is 5.11 Å². The fourth-order valence-corrected chi connectivity index (χ4v) is 3.59. The number of aromatic carboxylic acids is 1. The number of thiazole rings is 1. The van der Waals surface area contributed by atoms with E-state index < -0.39 is 5.97 Å². The fourth-order valence-electron chi connectivity index (χ4n) is 2.66. The first-order valence-electron chi connectivity index (χ1n) is 6.74. The summed E-state index contributed by atoms with van der Waals surface area (Å²) in [6.45, 7) is 6.46. The minimum absolute atomic E-state index is 0.197. The zero-order valence-corrected chi connectivity index (χ0v) is 12.9. The molecule has 0 aromatic carbocycles. The van der Waals surface area contributed by atoms with Crippen molar-refractivity contribution >= 4 is 22.4 Å². The van der Waals surface area contributed by atoms with Crippen LogP contribution in [0.25, 0.3) is 0 Å². The van der Waals surface area contributed by atoms with Gasteiger partial charge in [0, 0.05) is 18.0 Å². The molecule has 5 heteroatoms. The van der Waals surface area contributed by atoms with E-state index in [9.17, 15) is 4.79 Å². The lowest BCUT2D eigenvalue weighted by Gasteiger charge is -2.38. The van der Waals surface area contributed by atoms with Gasteiger partial charge in [-0.05, 0) is 38.0 Å². The number of nitrogens with zero attached hydrogens (tertiary/aromatic N) is 2. The normalized spacial score (nSPS) is 19.4. The van der Waals surface area contributed by atoms with Gasteiger partial charge in [-0.1, -0.05) is 13.8 Å². The molecule has 0 unspecified atom stereocenters. The number of carbonyl (C=O) groups is 1. The molecular formula is C14H22N2O2S. The Bertz CT molecular complexity index is 472. The Kier molecular flexibility index (Phi) is 3.85. The van der Waals surface area contributed by atoms with Crippen LogP contribution in [-0.4, -0.2) is 29.1 Å². The van der Waals surface area contributed by atoms with E-state index in [1.54, 1.807) is 0 Å². The van der Waals surface area contributed by atoms with E-state index >= 15 is 0 Å². The Balaban J connectivity index is 2.10. The van der Waals surface area contributed by atoms with Crippen molar-refractivity contribution < 1.29 is 9.90 Å². The van der Waals surface area contributed by atoms with Crippen LogP contribution < -0.4 is 4.90 Å². The van der Waals surface area contributed by atoms with Gasteiger partial charge in [0.15, 0.2) is 10.8 Å². The minimum Gasteiger partial charge on any atom is -0.476 e. The van der Waals surface area contributed by atoms with Crippen LogP contribution in [0.5, 0.6) is 0 Å². The molecule has 19 heavy (non-hydrogen) atoms. The van der Waals surface area contributed by atoms with E-state index in [0.717, 1.165) is 22.9 Å². The number of carboxylic acids is 1. The first-order valence-corrected chi connectivity index (χ1v) is 7.55. The van der Waals surface area contributed by atoms with Gasteiger partial charge in [0.1, 0.15) is 0 Å². The van der Waals surface area contributed by atoms with Gasteiger partial charge in [0.2, 0.25) is 0 Å². The number of aryl methyl sites for hydroxylation is 1. The van der Waals surface area contributed by atoms with E-state index in [1.807, 2.05) is 14.0 Å². The van der Waals surface area contributed by atoms with Gasteiger partial charge >= 0.3 is 5.97 Å². The maximum Gasteiger partial charge on any atom is 0.355 e. The average molecular weight is 282 g/mol. The molecule has 1 aliphatic rings. The van der Waals surface area contributed by atoms with E-state index in [2.05, 4.69) is 23.7 Å². The van der Waals surface area contributed by atoms with Crippen molar-refractivity contribution in [1.29, 1.82) is 0 Å². The number of carboxylic acid groups (broad SMARTS) is 1. The highest BCUT2D eigenvalue weighted by atomic mass is 32.1. The zero-order chi connectivity index (χ0) is 14.2. The SMILES string of the molecule is Cc1sc(N(C)C2CCC(C)(C)CC2)nc1C(=O)O. The molecule has 0 spiro atoms. The van der Waals surface area contributed by atoms with Gasteiger partial charge in [0.05, 0.1) is 0 Å². The van der Waals surface area contributed by atoms with Crippen LogP contribution in [-0.2, 0) is 0 Å². The van der Waals surface area contributed by atoms with Crippen LogP contribution in [0.15, 0.2) is 0 Å². The summed E-state index contributed by atoms with van der Waals surface area (Å²) >= 11 is 1.48. The largest absolute Gasteiger partial charge is 0.476 e. The summed E-state index contributed by atoms with van der Waals surface area (Å²) in [6, 6.07) is 0.486. The Morgan fingerprint density at radius 3 is 2.47 bits per heavy atom. The highest BCUT2D eigenvalue weighted by molar-refractivity contribution is 7.15. The predicted octanol–water partition coefficient (Wildman–Crippen LogP) is 3.55. The monoisotopic (exact) mass is 282 g/mol. The van der Waals surface area contributed by atoms with Gasteiger partial charge in [0.25, 0.3) is 0 Å². The van der Waals surface area contributed by atoms with Crippen LogP contribution >= 0.6 is 11.3 Å². The minimum atomic E-state index is -0.932. The van der Waals surface area contributed by atoms with Crippen molar-refractivity contribution in [2.45, 2.75) is 52.5 Å². The summed E-state index contributed by atoms with van der Waals surface area (Å²) in [6.07, 6.45) is 4.76. The summed E-state index contributed by atoms with van der Waals surface area (Å²) < 4.78 is 0. The second-order valence-electron chi connectivity index (χ2n) is 6.21. The van der Waals surface area contributed by atoms with Crippen LogP contribution in [0.1, 0.15) is 54.9 Å². The third kappa shape index (κ3) is 3.08. The molecule has 1 aromatic rings. The molecule has 1 heterocycles. The number of hydrogen-bond acceptors (Lipinski definition) is 4. The van der Waals surface area contributed by atoms with E-state index in [0.29, 0.717) is 11.5 Å². The number of rotatable bonds is 3. The van der Waals surface area contributed by atoms with E-state index in [-0.39, 0.29) is 5.69 Å². The van der Waals surface area contributed by atoms with Crippen molar-refractivity contribution in [3.63, 3.8) is 0 Å². The molecule has 106 valence electrons. The zero-order valence-electron chi connectivity index (χ0n) is 12.1. The molecule has 4 nitrogen and oxygen atoms in total. The lowest BCUT2D eigenvalue weighted by atomic mass is 9.75. The molecule has 1 fully saturated rings. The molecule has 0 bridgehead atoms. The molecule has 1 N–H and O–H groups in total. The van der Waals surface area contributed by atoms with Crippen LogP contribution in [0, 0.1) is 12.3 Å². The van der Waals surface area contributed by atoms with Crippen molar-refractivity contribution in [3.05, 3.63) is 10.6 Å². The first kappa shape index (κ1) is 14.3. The number of aromatic nitrogens is 1. The van der Waals surface area contributed by atoms with Crippen molar-refractivity contribution in [2.24, 2.45) is 5.41 Å². The maximum atomic E-state index is 11.0. The Morgan fingerprint density at radius 2 is 2.00 bits per heavy atom. The highest BCUT2D eigenvalue weighted by Crippen LogP contribution is 2.38. The quantitative estimate of drug-likeness (QED) is 0.921. The molecule has 0 atom stereocenters. The summed E-state index contributed by atoms with van der Waals surface area (Å²) in [5.41, 5.74) is 0.644. The standard InChI is InChI=1S/C14H22N2O2S/c1-9-11(12(17)18)15-13(19-9)16(4)10-5-7-14(2,3)8-6-10/h10H,5-8H2,1-4H3,(H,17,18). The van der Waals surface area contributed by atoms with Gasteiger partial charge < -0.3 is 10.0 Å². The number of hydrogen-bond donors (Lipinski definition) is 1. The molecular weight excluding hydrogens is 260 g/mol. The Hall–Kier alpha value is -1.10. The van der Waals surface area contributed by atoms with Crippen molar-refractivity contribution in [1.82, 2.24) is 4.98 Å². The third-order valence-electron chi connectivity index (χ3n) is 4.15. The second kappa shape index (κ2) is 5.12.